The molecule has 1 amide bonds. The smallest absolute Gasteiger partial charge is 0.269 e. The molecule has 0 saturated carbocycles. The number of carbonyl (C=O) groups is 1. The van der Waals surface area contributed by atoms with Gasteiger partial charge in [0.05, 0.1) is 16.9 Å². The number of hydrogen-bond acceptors (Lipinski definition) is 6. The van der Waals surface area contributed by atoms with Crippen molar-refractivity contribution in [2.24, 2.45) is 5.73 Å². The molecule has 190 valence electrons. The van der Waals surface area contributed by atoms with Gasteiger partial charge < -0.3 is 15.4 Å². The molecule has 1 fully saturated rings. The standard InChI is InChI=1S/C28H29FN6O2/c1-17-6-7-21-22(32-17)12-20(29)13-24(21)34-11-10-33(18(2)14-34)9-8-19-4-3-5-23-27(19)37-15-25-26(28(30)36)31-16-35(23)25/h3-7,12-13,16,18H,8-11,14-15H2,1-2H3,(H2,30,36)/t18-/m1/s1. The number of para-hydroxylation sites is 1. The number of carbonyl (C=O) groups excluding carboxylic acids is 1. The van der Waals surface area contributed by atoms with Gasteiger partial charge in [0.2, 0.25) is 0 Å². The minimum Gasteiger partial charge on any atom is -0.485 e. The fourth-order valence-electron chi connectivity index (χ4n) is 5.55. The Morgan fingerprint density at radius 1 is 1.19 bits per heavy atom. The highest BCUT2D eigenvalue weighted by Crippen LogP contribution is 2.35. The first-order valence-electron chi connectivity index (χ1n) is 12.6. The van der Waals surface area contributed by atoms with Crippen molar-refractivity contribution in [3.8, 4) is 11.4 Å². The van der Waals surface area contributed by atoms with Gasteiger partial charge in [-0.15, -0.1) is 0 Å². The molecule has 4 aromatic rings. The molecule has 0 unspecified atom stereocenters. The zero-order valence-electron chi connectivity index (χ0n) is 20.9. The molecule has 2 N–H and O–H groups in total. The van der Waals surface area contributed by atoms with E-state index in [-0.39, 0.29) is 18.1 Å². The number of aryl methyl sites for hydroxylation is 1. The molecule has 2 aromatic carbocycles. The van der Waals surface area contributed by atoms with Crippen LogP contribution in [0.3, 0.4) is 0 Å². The second-order valence-electron chi connectivity index (χ2n) is 9.85. The maximum Gasteiger partial charge on any atom is 0.269 e. The predicted molar refractivity (Wildman–Crippen MR) is 140 cm³/mol. The highest BCUT2D eigenvalue weighted by atomic mass is 19.1. The number of pyridine rings is 1. The van der Waals surface area contributed by atoms with Gasteiger partial charge in [-0.2, -0.15) is 0 Å². The number of benzene rings is 2. The van der Waals surface area contributed by atoms with E-state index in [1.54, 1.807) is 12.4 Å². The molecule has 9 heteroatoms. The number of piperazine rings is 1. The summed E-state index contributed by atoms with van der Waals surface area (Å²) in [6.45, 7) is 7.78. The van der Waals surface area contributed by atoms with Crippen molar-refractivity contribution in [3.05, 3.63) is 77.3 Å². The maximum atomic E-state index is 14.4. The minimum atomic E-state index is -0.553. The van der Waals surface area contributed by atoms with Gasteiger partial charge in [0.15, 0.2) is 5.69 Å². The molecule has 37 heavy (non-hydrogen) atoms. The van der Waals surface area contributed by atoms with Crippen LogP contribution in [0.4, 0.5) is 10.1 Å². The van der Waals surface area contributed by atoms with Gasteiger partial charge in [0, 0.05) is 55.1 Å². The van der Waals surface area contributed by atoms with Crippen molar-refractivity contribution in [2.45, 2.75) is 32.9 Å². The summed E-state index contributed by atoms with van der Waals surface area (Å²) in [5.74, 6) is 0.0139. The molecule has 0 radical (unpaired) electrons. The lowest BCUT2D eigenvalue weighted by Crippen LogP contribution is -2.52. The van der Waals surface area contributed by atoms with Crippen molar-refractivity contribution in [2.75, 3.05) is 31.1 Å². The predicted octanol–water partition coefficient (Wildman–Crippen LogP) is 3.61. The Balaban J connectivity index is 1.17. The second-order valence-corrected chi connectivity index (χ2v) is 9.85. The largest absolute Gasteiger partial charge is 0.485 e. The summed E-state index contributed by atoms with van der Waals surface area (Å²) in [5.41, 5.74) is 10.9. The van der Waals surface area contributed by atoms with Crippen molar-refractivity contribution in [1.29, 1.82) is 0 Å². The van der Waals surface area contributed by atoms with E-state index in [9.17, 15) is 9.18 Å². The van der Waals surface area contributed by atoms with Gasteiger partial charge in [-0.3, -0.25) is 19.2 Å². The Morgan fingerprint density at radius 3 is 2.86 bits per heavy atom. The zero-order valence-corrected chi connectivity index (χ0v) is 20.9. The van der Waals surface area contributed by atoms with Gasteiger partial charge in [-0.05, 0) is 50.1 Å². The average molecular weight is 501 g/mol. The monoisotopic (exact) mass is 500 g/mol. The average Bonchev–Trinajstić information content (AvgIpc) is 3.32. The summed E-state index contributed by atoms with van der Waals surface area (Å²) in [6.07, 6.45) is 2.46. The minimum absolute atomic E-state index is 0.250. The van der Waals surface area contributed by atoms with Crippen molar-refractivity contribution >= 4 is 22.5 Å². The lowest BCUT2D eigenvalue weighted by Gasteiger charge is -2.41. The van der Waals surface area contributed by atoms with E-state index < -0.39 is 5.91 Å². The quantitative estimate of drug-likeness (QED) is 0.450. The number of nitrogens with two attached hydrogens (primary N) is 1. The first kappa shape index (κ1) is 23.4. The van der Waals surface area contributed by atoms with Gasteiger partial charge in [0.1, 0.15) is 24.5 Å². The summed E-state index contributed by atoms with van der Waals surface area (Å²) in [5, 5.41) is 0.985. The lowest BCUT2D eigenvalue weighted by molar-refractivity contribution is 0.0993. The van der Waals surface area contributed by atoms with Crippen LogP contribution in [0.25, 0.3) is 16.6 Å². The molecule has 2 aromatic heterocycles. The molecule has 4 heterocycles. The zero-order chi connectivity index (χ0) is 25.7. The summed E-state index contributed by atoms with van der Waals surface area (Å²) in [7, 11) is 0. The van der Waals surface area contributed by atoms with Gasteiger partial charge in [-0.25, -0.2) is 9.37 Å². The van der Waals surface area contributed by atoms with Crippen LogP contribution < -0.4 is 15.4 Å². The second kappa shape index (κ2) is 9.15. The third kappa shape index (κ3) is 4.19. The van der Waals surface area contributed by atoms with Gasteiger partial charge in [0.25, 0.3) is 5.91 Å². The topological polar surface area (TPSA) is 89.5 Å². The third-order valence-corrected chi connectivity index (χ3v) is 7.45. The summed E-state index contributed by atoms with van der Waals surface area (Å²) >= 11 is 0. The number of aromatic nitrogens is 3. The number of hydrogen-bond donors (Lipinski definition) is 1. The van der Waals surface area contributed by atoms with Crippen molar-refractivity contribution in [1.82, 2.24) is 19.4 Å². The molecule has 1 atom stereocenters. The summed E-state index contributed by atoms with van der Waals surface area (Å²) in [6, 6.07) is 13.5. The molecule has 2 aliphatic rings. The fraction of sp³-hybridized carbons (Fsp3) is 0.321. The van der Waals surface area contributed by atoms with E-state index in [0.717, 1.165) is 66.4 Å². The Hall–Kier alpha value is -3.98. The number of imidazole rings is 1. The molecular weight excluding hydrogens is 471 g/mol. The van der Waals surface area contributed by atoms with Crippen molar-refractivity contribution in [3.63, 3.8) is 0 Å². The van der Waals surface area contributed by atoms with Gasteiger partial charge in [-0.1, -0.05) is 12.1 Å². The molecule has 0 bridgehead atoms. The number of primary amides is 1. The van der Waals surface area contributed by atoms with Crippen LogP contribution in [0, 0.1) is 12.7 Å². The molecule has 0 aliphatic carbocycles. The lowest BCUT2D eigenvalue weighted by atomic mass is 10.1. The van der Waals surface area contributed by atoms with E-state index in [1.165, 1.54) is 6.07 Å². The van der Waals surface area contributed by atoms with Crippen molar-refractivity contribution < 1.29 is 13.9 Å². The summed E-state index contributed by atoms with van der Waals surface area (Å²) in [4.78, 5) is 25.1. The van der Waals surface area contributed by atoms with Crippen LogP contribution in [0.2, 0.25) is 0 Å². The number of rotatable bonds is 5. The van der Waals surface area contributed by atoms with E-state index in [4.69, 9.17) is 10.5 Å². The number of nitrogens with zero attached hydrogens (tertiary/aromatic N) is 5. The highest BCUT2D eigenvalue weighted by molar-refractivity contribution is 5.93. The Kier molecular flexibility index (Phi) is 5.79. The van der Waals surface area contributed by atoms with E-state index >= 15 is 0 Å². The first-order valence-corrected chi connectivity index (χ1v) is 12.6. The first-order chi connectivity index (χ1) is 17.9. The number of fused-ring (bicyclic) bond motifs is 4. The SMILES string of the molecule is Cc1ccc2c(N3CCN(CCc4cccc5c4OCc4c(C(N)=O)ncn4-5)[C@H](C)C3)cc(F)cc2n1. The number of halogens is 1. The van der Waals surface area contributed by atoms with Crippen LogP contribution in [0.15, 0.2) is 48.8 Å². The molecule has 6 rings (SSSR count). The maximum absolute atomic E-state index is 14.4. The molecule has 1 saturated heterocycles. The Morgan fingerprint density at radius 2 is 2.05 bits per heavy atom. The molecule has 2 aliphatic heterocycles. The Bertz CT molecular complexity index is 1510. The molecule has 0 spiro atoms. The Labute approximate surface area is 214 Å². The highest BCUT2D eigenvalue weighted by Gasteiger charge is 2.28. The van der Waals surface area contributed by atoms with E-state index in [0.29, 0.717) is 17.3 Å². The van der Waals surface area contributed by atoms with Crippen LogP contribution in [0.5, 0.6) is 5.75 Å². The molecule has 8 nitrogen and oxygen atoms in total. The van der Waals surface area contributed by atoms with E-state index in [2.05, 4.69) is 32.8 Å². The molecular formula is C28H29FN6O2. The number of ether oxygens (including phenoxy) is 1. The number of amides is 1. The van der Waals surface area contributed by atoms with E-state index in [1.807, 2.05) is 35.8 Å². The number of anilines is 1. The summed E-state index contributed by atoms with van der Waals surface area (Å²) < 4.78 is 22.4. The normalized spacial score (nSPS) is 17.4. The van der Waals surface area contributed by atoms with Gasteiger partial charge >= 0.3 is 0 Å². The fourth-order valence-corrected chi connectivity index (χ4v) is 5.55. The van der Waals surface area contributed by atoms with Crippen LogP contribution in [0.1, 0.15) is 34.4 Å². The van der Waals surface area contributed by atoms with Crippen LogP contribution >= 0.6 is 0 Å². The van der Waals surface area contributed by atoms with Crippen LogP contribution in [-0.2, 0) is 13.0 Å². The third-order valence-electron chi connectivity index (χ3n) is 7.45. The van der Waals surface area contributed by atoms with Crippen LogP contribution in [-0.4, -0.2) is 57.6 Å².